The van der Waals surface area contributed by atoms with Crippen molar-refractivity contribution in [1.29, 1.82) is 0 Å². The SMILES string of the molecule is CCOC(=O)c1snc(-c2cccc(Cl)c2)c1N. The Hall–Kier alpha value is -1.59. The molecule has 1 heterocycles. The number of carbonyl (C=O) groups excluding carboxylic acids is 1. The topological polar surface area (TPSA) is 65.2 Å². The molecule has 0 bridgehead atoms. The van der Waals surface area contributed by atoms with Crippen molar-refractivity contribution in [3.05, 3.63) is 34.2 Å². The maximum atomic E-state index is 11.6. The molecule has 6 heteroatoms. The summed E-state index contributed by atoms with van der Waals surface area (Å²) in [6.45, 7) is 2.05. The number of ether oxygens (including phenoxy) is 1. The molecule has 0 fully saturated rings. The molecule has 0 aliphatic rings. The molecule has 2 aromatic rings. The van der Waals surface area contributed by atoms with Crippen LogP contribution in [0.2, 0.25) is 5.02 Å². The van der Waals surface area contributed by atoms with E-state index in [1.165, 1.54) is 0 Å². The minimum absolute atomic E-state index is 0.308. The first-order valence-electron chi connectivity index (χ1n) is 5.31. The molecule has 0 amide bonds. The van der Waals surface area contributed by atoms with Crippen molar-refractivity contribution in [2.24, 2.45) is 0 Å². The highest BCUT2D eigenvalue weighted by Crippen LogP contribution is 2.32. The van der Waals surface area contributed by atoms with E-state index in [4.69, 9.17) is 22.1 Å². The molecule has 1 aromatic carbocycles. The fourth-order valence-corrected chi connectivity index (χ4v) is 2.39. The molecule has 0 spiro atoms. The molecule has 0 radical (unpaired) electrons. The van der Waals surface area contributed by atoms with Gasteiger partial charge in [-0.1, -0.05) is 23.7 Å². The Morgan fingerprint density at radius 2 is 2.33 bits per heavy atom. The van der Waals surface area contributed by atoms with E-state index in [0.29, 0.717) is 27.9 Å². The van der Waals surface area contributed by atoms with E-state index in [1.807, 2.05) is 6.07 Å². The van der Waals surface area contributed by atoms with Gasteiger partial charge in [0, 0.05) is 10.6 Å². The Bertz CT molecular complexity index is 583. The van der Waals surface area contributed by atoms with E-state index < -0.39 is 5.97 Å². The molecule has 1 aromatic heterocycles. The van der Waals surface area contributed by atoms with Crippen molar-refractivity contribution in [1.82, 2.24) is 4.37 Å². The summed E-state index contributed by atoms with van der Waals surface area (Å²) in [5.74, 6) is -0.444. The van der Waals surface area contributed by atoms with Crippen molar-refractivity contribution in [3.63, 3.8) is 0 Å². The summed E-state index contributed by atoms with van der Waals surface area (Å²) in [5, 5.41) is 0.595. The van der Waals surface area contributed by atoms with Crippen LogP contribution in [-0.2, 0) is 4.74 Å². The third-order valence-corrected chi connectivity index (χ3v) is 3.36. The molecule has 18 heavy (non-hydrogen) atoms. The predicted molar refractivity (Wildman–Crippen MR) is 72.9 cm³/mol. The summed E-state index contributed by atoms with van der Waals surface area (Å²) in [6.07, 6.45) is 0. The number of aromatic nitrogens is 1. The number of nitrogens with zero attached hydrogens (tertiary/aromatic N) is 1. The molecule has 0 saturated heterocycles. The third-order valence-electron chi connectivity index (χ3n) is 2.29. The Labute approximate surface area is 114 Å². The van der Waals surface area contributed by atoms with Gasteiger partial charge in [0.15, 0.2) is 4.88 Å². The molecule has 0 atom stereocenters. The summed E-state index contributed by atoms with van der Waals surface area (Å²) in [5.41, 5.74) is 7.60. The van der Waals surface area contributed by atoms with Crippen molar-refractivity contribution in [3.8, 4) is 11.3 Å². The summed E-state index contributed by atoms with van der Waals surface area (Å²) >= 11 is 6.94. The monoisotopic (exact) mass is 282 g/mol. The van der Waals surface area contributed by atoms with Crippen molar-refractivity contribution >= 4 is 34.8 Å². The zero-order valence-corrected chi connectivity index (χ0v) is 11.2. The number of rotatable bonds is 3. The lowest BCUT2D eigenvalue weighted by Crippen LogP contribution is -2.05. The van der Waals surface area contributed by atoms with E-state index in [0.717, 1.165) is 17.1 Å². The standard InChI is InChI=1S/C12H11ClN2O2S/c1-2-17-12(16)11-9(14)10(15-18-11)7-4-3-5-8(13)6-7/h3-6H,2,14H2,1H3. The Kier molecular flexibility index (Phi) is 3.84. The first-order valence-corrected chi connectivity index (χ1v) is 6.46. The quantitative estimate of drug-likeness (QED) is 0.878. The van der Waals surface area contributed by atoms with Crippen LogP contribution in [0.4, 0.5) is 5.69 Å². The Morgan fingerprint density at radius 3 is 3.00 bits per heavy atom. The first kappa shape index (κ1) is 12.9. The molecule has 2 N–H and O–H groups in total. The van der Waals surface area contributed by atoms with Crippen LogP contribution in [0.25, 0.3) is 11.3 Å². The van der Waals surface area contributed by atoms with Gasteiger partial charge in [0.05, 0.1) is 12.3 Å². The summed E-state index contributed by atoms with van der Waals surface area (Å²) in [4.78, 5) is 11.9. The molecule has 2 rings (SSSR count). The number of benzene rings is 1. The van der Waals surface area contributed by atoms with E-state index in [2.05, 4.69) is 4.37 Å². The molecular formula is C12H11ClN2O2S. The van der Waals surface area contributed by atoms with Crippen LogP contribution in [0.1, 0.15) is 16.6 Å². The number of hydrogen-bond donors (Lipinski definition) is 1. The molecule has 0 aliphatic carbocycles. The maximum Gasteiger partial charge on any atom is 0.352 e. The number of halogens is 1. The first-order chi connectivity index (χ1) is 8.63. The molecule has 0 saturated carbocycles. The number of hydrogen-bond acceptors (Lipinski definition) is 5. The van der Waals surface area contributed by atoms with Crippen LogP contribution in [0.3, 0.4) is 0 Å². The van der Waals surface area contributed by atoms with Gasteiger partial charge < -0.3 is 10.5 Å². The van der Waals surface area contributed by atoms with E-state index in [-0.39, 0.29) is 0 Å². The summed E-state index contributed by atoms with van der Waals surface area (Å²) in [6, 6.07) is 7.16. The lowest BCUT2D eigenvalue weighted by atomic mass is 10.1. The Morgan fingerprint density at radius 1 is 1.56 bits per heavy atom. The van der Waals surface area contributed by atoms with Gasteiger partial charge >= 0.3 is 5.97 Å². The molecule has 0 aliphatic heterocycles. The van der Waals surface area contributed by atoms with Crippen LogP contribution in [0.15, 0.2) is 24.3 Å². The van der Waals surface area contributed by atoms with Gasteiger partial charge in [-0.15, -0.1) is 0 Å². The maximum absolute atomic E-state index is 11.6. The van der Waals surface area contributed by atoms with Gasteiger partial charge in [-0.25, -0.2) is 4.79 Å². The highest BCUT2D eigenvalue weighted by atomic mass is 35.5. The van der Waals surface area contributed by atoms with E-state index >= 15 is 0 Å². The molecule has 4 nitrogen and oxygen atoms in total. The number of anilines is 1. The average Bonchev–Trinajstić information content (AvgIpc) is 2.71. The normalized spacial score (nSPS) is 10.3. The number of nitrogens with two attached hydrogens (primary N) is 1. The average molecular weight is 283 g/mol. The summed E-state index contributed by atoms with van der Waals surface area (Å²) in [7, 11) is 0. The second kappa shape index (κ2) is 5.37. The highest BCUT2D eigenvalue weighted by Gasteiger charge is 2.19. The second-order valence-corrected chi connectivity index (χ2v) is 4.71. The number of carbonyl (C=O) groups is 1. The summed E-state index contributed by atoms with van der Waals surface area (Å²) < 4.78 is 9.09. The predicted octanol–water partition coefficient (Wildman–Crippen LogP) is 3.22. The van der Waals surface area contributed by atoms with Gasteiger partial charge in [0.1, 0.15) is 5.69 Å². The van der Waals surface area contributed by atoms with Gasteiger partial charge in [-0.3, -0.25) is 0 Å². The second-order valence-electron chi connectivity index (χ2n) is 3.50. The lowest BCUT2D eigenvalue weighted by Gasteiger charge is -2.01. The van der Waals surface area contributed by atoms with Gasteiger partial charge in [0.2, 0.25) is 0 Å². The van der Waals surface area contributed by atoms with Crippen LogP contribution < -0.4 is 5.73 Å². The molecule has 94 valence electrons. The minimum Gasteiger partial charge on any atom is -0.462 e. The molecular weight excluding hydrogens is 272 g/mol. The molecule has 0 unspecified atom stereocenters. The fraction of sp³-hybridized carbons (Fsp3) is 0.167. The zero-order chi connectivity index (χ0) is 13.1. The zero-order valence-electron chi connectivity index (χ0n) is 9.64. The van der Waals surface area contributed by atoms with E-state index in [9.17, 15) is 4.79 Å². The third kappa shape index (κ3) is 2.47. The van der Waals surface area contributed by atoms with E-state index in [1.54, 1.807) is 25.1 Å². The van der Waals surface area contributed by atoms with Gasteiger partial charge in [0.25, 0.3) is 0 Å². The van der Waals surface area contributed by atoms with Gasteiger partial charge in [-0.05, 0) is 30.6 Å². The van der Waals surface area contributed by atoms with Crippen molar-refractivity contribution in [2.75, 3.05) is 12.3 Å². The van der Waals surface area contributed by atoms with Crippen LogP contribution in [0.5, 0.6) is 0 Å². The minimum atomic E-state index is -0.444. The lowest BCUT2D eigenvalue weighted by molar-refractivity contribution is 0.0533. The van der Waals surface area contributed by atoms with Crippen molar-refractivity contribution in [2.45, 2.75) is 6.92 Å². The van der Waals surface area contributed by atoms with Crippen LogP contribution in [0, 0.1) is 0 Å². The smallest absolute Gasteiger partial charge is 0.352 e. The highest BCUT2D eigenvalue weighted by molar-refractivity contribution is 7.09. The van der Waals surface area contributed by atoms with Crippen LogP contribution >= 0.6 is 23.1 Å². The Balaban J connectivity index is 2.39. The van der Waals surface area contributed by atoms with Gasteiger partial charge in [-0.2, -0.15) is 4.37 Å². The fourth-order valence-electron chi connectivity index (χ4n) is 1.49. The number of esters is 1. The number of nitrogen functional groups attached to an aromatic ring is 1. The largest absolute Gasteiger partial charge is 0.462 e. The van der Waals surface area contributed by atoms with Crippen molar-refractivity contribution < 1.29 is 9.53 Å². The van der Waals surface area contributed by atoms with Crippen LogP contribution in [-0.4, -0.2) is 16.9 Å².